The highest BCUT2D eigenvalue weighted by Crippen LogP contribution is 2.38. The van der Waals surface area contributed by atoms with Crippen LogP contribution < -0.4 is 14.7 Å². The van der Waals surface area contributed by atoms with Gasteiger partial charge in [-0.1, -0.05) is 24.3 Å². The van der Waals surface area contributed by atoms with E-state index in [-0.39, 0.29) is 11.8 Å². The molecule has 1 amide bonds. The van der Waals surface area contributed by atoms with Crippen molar-refractivity contribution >= 4 is 23.4 Å². The SMILES string of the molecule is O=C(C1CCN(c2ccccn2)CC1)N1CCc2[nH]c(N3CCOCC3)nc2-c2ccccc21. The number of morpholine rings is 1. The van der Waals surface area contributed by atoms with Crippen LogP contribution in [0.4, 0.5) is 17.5 Å². The Balaban J connectivity index is 1.22. The number of nitrogens with one attached hydrogen (secondary N) is 1. The summed E-state index contributed by atoms with van der Waals surface area (Å²) in [7, 11) is 0. The highest BCUT2D eigenvalue weighted by molar-refractivity contribution is 5.99. The number of carbonyl (C=O) groups is 1. The molecule has 5 heterocycles. The second-order valence-corrected chi connectivity index (χ2v) is 9.19. The van der Waals surface area contributed by atoms with Gasteiger partial charge in [0.25, 0.3) is 0 Å². The van der Waals surface area contributed by atoms with Crippen LogP contribution >= 0.6 is 0 Å². The van der Waals surface area contributed by atoms with Crippen molar-refractivity contribution in [1.82, 2.24) is 15.0 Å². The van der Waals surface area contributed by atoms with Gasteiger partial charge < -0.3 is 24.4 Å². The van der Waals surface area contributed by atoms with Gasteiger partial charge >= 0.3 is 0 Å². The van der Waals surface area contributed by atoms with Gasteiger partial charge in [-0.05, 0) is 31.0 Å². The lowest BCUT2D eigenvalue weighted by Gasteiger charge is -2.35. The maximum atomic E-state index is 13.7. The predicted molar refractivity (Wildman–Crippen MR) is 132 cm³/mol. The Labute approximate surface area is 199 Å². The number of carbonyl (C=O) groups excluding carboxylic acids is 1. The Morgan fingerprint density at radius 2 is 1.74 bits per heavy atom. The summed E-state index contributed by atoms with van der Waals surface area (Å²) >= 11 is 0. The van der Waals surface area contributed by atoms with Crippen molar-refractivity contribution in [2.45, 2.75) is 19.3 Å². The highest BCUT2D eigenvalue weighted by Gasteiger charge is 2.33. The zero-order valence-electron chi connectivity index (χ0n) is 19.3. The minimum absolute atomic E-state index is 0.0290. The van der Waals surface area contributed by atoms with Gasteiger partial charge in [0.05, 0.1) is 24.6 Å². The summed E-state index contributed by atoms with van der Waals surface area (Å²) in [6.07, 6.45) is 4.28. The number of aromatic amines is 1. The molecule has 0 atom stereocenters. The van der Waals surface area contributed by atoms with Crippen LogP contribution in [0.15, 0.2) is 48.7 Å². The quantitative estimate of drug-likeness (QED) is 0.650. The minimum atomic E-state index is 0.0290. The molecule has 0 aliphatic carbocycles. The Kier molecular flexibility index (Phi) is 5.66. The number of amides is 1. The van der Waals surface area contributed by atoms with E-state index in [1.807, 2.05) is 41.4 Å². The second-order valence-electron chi connectivity index (χ2n) is 9.19. The smallest absolute Gasteiger partial charge is 0.230 e. The molecule has 176 valence electrons. The van der Waals surface area contributed by atoms with E-state index in [1.165, 1.54) is 0 Å². The standard InChI is InChI=1S/C26H30N6O2/c33-25(19-8-12-30(13-9-19)23-7-3-4-11-27-23)32-14-10-21-24(20-5-1-2-6-22(20)32)29-26(28-21)31-15-17-34-18-16-31/h1-7,11,19H,8-10,12-18H2,(H,28,29). The van der Waals surface area contributed by atoms with E-state index in [0.29, 0.717) is 6.54 Å². The van der Waals surface area contributed by atoms with E-state index < -0.39 is 0 Å². The number of fused-ring (bicyclic) bond motifs is 3. The molecule has 1 aromatic carbocycles. The lowest BCUT2D eigenvalue weighted by molar-refractivity contribution is -0.123. The third-order valence-corrected chi connectivity index (χ3v) is 7.20. The number of ether oxygens (including phenoxy) is 1. The molecule has 3 aromatic rings. The first kappa shape index (κ1) is 21.2. The summed E-state index contributed by atoms with van der Waals surface area (Å²) in [5.74, 6) is 2.16. The van der Waals surface area contributed by atoms with Crippen LogP contribution in [0, 0.1) is 5.92 Å². The fourth-order valence-electron chi connectivity index (χ4n) is 5.32. The molecule has 0 bridgehead atoms. The fourth-order valence-corrected chi connectivity index (χ4v) is 5.32. The van der Waals surface area contributed by atoms with Crippen molar-refractivity contribution in [3.63, 3.8) is 0 Å². The zero-order chi connectivity index (χ0) is 22.9. The Morgan fingerprint density at radius 1 is 0.941 bits per heavy atom. The molecule has 8 heteroatoms. The van der Waals surface area contributed by atoms with Gasteiger partial charge in [0.15, 0.2) is 0 Å². The van der Waals surface area contributed by atoms with Crippen LogP contribution in [0.2, 0.25) is 0 Å². The first-order valence-corrected chi connectivity index (χ1v) is 12.3. The number of hydrogen-bond donors (Lipinski definition) is 1. The molecule has 2 saturated heterocycles. The minimum Gasteiger partial charge on any atom is -0.378 e. The van der Waals surface area contributed by atoms with E-state index >= 15 is 0 Å². The van der Waals surface area contributed by atoms with Crippen molar-refractivity contribution in [1.29, 1.82) is 0 Å². The Hall–Kier alpha value is -3.39. The first-order valence-electron chi connectivity index (χ1n) is 12.3. The van der Waals surface area contributed by atoms with Crippen LogP contribution in [0.5, 0.6) is 0 Å². The van der Waals surface area contributed by atoms with Gasteiger partial charge in [0.2, 0.25) is 11.9 Å². The van der Waals surface area contributed by atoms with Gasteiger partial charge in [-0.25, -0.2) is 9.97 Å². The number of benzene rings is 1. The molecule has 0 radical (unpaired) electrons. The summed E-state index contributed by atoms with van der Waals surface area (Å²) in [6.45, 7) is 5.51. The van der Waals surface area contributed by atoms with Gasteiger partial charge in [-0.3, -0.25) is 4.79 Å². The average molecular weight is 459 g/mol. The summed E-state index contributed by atoms with van der Waals surface area (Å²) in [5.41, 5.74) is 4.08. The van der Waals surface area contributed by atoms with Gasteiger partial charge in [-0.2, -0.15) is 0 Å². The number of pyridine rings is 1. The molecule has 0 spiro atoms. The van der Waals surface area contributed by atoms with Gasteiger partial charge in [0, 0.05) is 62.5 Å². The first-order chi connectivity index (χ1) is 16.8. The number of hydrogen-bond acceptors (Lipinski definition) is 6. The van der Waals surface area contributed by atoms with E-state index in [9.17, 15) is 4.79 Å². The molecule has 2 aromatic heterocycles. The van der Waals surface area contributed by atoms with Crippen LogP contribution in [-0.4, -0.2) is 66.8 Å². The summed E-state index contributed by atoms with van der Waals surface area (Å²) in [5, 5.41) is 0. The molecule has 0 saturated carbocycles. The van der Waals surface area contributed by atoms with Crippen molar-refractivity contribution in [3.8, 4) is 11.3 Å². The van der Waals surface area contributed by atoms with E-state index in [4.69, 9.17) is 9.72 Å². The third-order valence-electron chi connectivity index (χ3n) is 7.20. The lowest BCUT2D eigenvalue weighted by Crippen LogP contribution is -2.43. The number of nitrogens with zero attached hydrogens (tertiary/aromatic N) is 5. The van der Waals surface area contributed by atoms with Crippen LogP contribution in [0.3, 0.4) is 0 Å². The normalized spacial score (nSPS) is 18.9. The number of aromatic nitrogens is 3. The molecule has 8 nitrogen and oxygen atoms in total. The number of piperidine rings is 1. The molecular formula is C26H30N6O2. The average Bonchev–Trinajstić information content (AvgIpc) is 3.28. The number of H-pyrrole nitrogens is 1. The van der Waals surface area contributed by atoms with Crippen LogP contribution in [-0.2, 0) is 16.0 Å². The predicted octanol–water partition coefficient (Wildman–Crippen LogP) is 3.11. The van der Waals surface area contributed by atoms with Crippen LogP contribution in [0.1, 0.15) is 18.5 Å². The maximum Gasteiger partial charge on any atom is 0.230 e. The molecule has 2 fully saturated rings. The van der Waals surface area contributed by atoms with E-state index in [1.54, 1.807) is 0 Å². The Morgan fingerprint density at radius 3 is 2.53 bits per heavy atom. The van der Waals surface area contributed by atoms with Crippen molar-refractivity contribution in [2.75, 3.05) is 60.6 Å². The molecular weight excluding hydrogens is 428 g/mol. The molecule has 34 heavy (non-hydrogen) atoms. The molecule has 3 aliphatic rings. The largest absolute Gasteiger partial charge is 0.378 e. The molecule has 3 aliphatic heterocycles. The lowest BCUT2D eigenvalue weighted by atomic mass is 9.94. The topological polar surface area (TPSA) is 77.6 Å². The highest BCUT2D eigenvalue weighted by atomic mass is 16.5. The molecule has 1 N–H and O–H groups in total. The summed E-state index contributed by atoms with van der Waals surface area (Å²) in [4.78, 5) is 33.3. The van der Waals surface area contributed by atoms with Gasteiger partial charge in [0.1, 0.15) is 5.82 Å². The molecule has 6 rings (SSSR count). The van der Waals surface area contributed by atoms with Crippen molar-refractivity contribution < 1.29 is 9.53 Å². The third kappa shape index (κ3) is 3.92. The fraction of sp³-hybridized carbons (Fsp3) is 0.423. The Bertz CT molecular complexity index is 1150. The molecule has 0 unspecified atom stereocenters. The van der Waals surface area contributed by atoms with Crippen molar-refractivity contribution in [3.05, 3.63) is 54.4 Å². The number of para-hydroxylation sites is 1. The number of anilines is 3. The number of imidazole rings is 1. The van der Waals surface area contributed by atoms with E-state index in [2.05, 4.69) is 31.9 Å². The zero-order valence-corrected chi connectivity index (χ0v) is 19.3. The van der Waals surface area contributed by atoms with E-state index in [0.717, 1.165) is 93.1 Å². The number of rotatable bonds is 3. The van der Waals surface area contributed by atoms with Crippen LogP contribution in [0.25, 0.3) is 11.3 Å². The van der Waals surface area contributed by atoms with Gasteiger partial charge in [-0.15, -0.1) is 0 Å². The van der Waals surface area contributed by atoms with Crippen molar-refractivity contribution in [2.24, 2.45) is 5.92 Å². The summed E-state index contributed by atoms with van der Waals surface area (Å²) in [6, 6.07) is 14.2. The summed E-state index contributed by atoms with van der Waals surface area (Å²) < 4.78 is 5.50. The monoisotopic (exact) mass is 458 g/mol. The maximum absolute atomic E-state index is 13.7. The second kappa shape index (κ2) is 9.10.